The van der Waals surface area contributed by atoms with Crippen LogP contribution in [-0.4, -0.2) is 41.7 Å². The van der Waals surface area contributed by atoms with Gasteiger partial charge >= 0.3 is 0 Å². The van der Waals surface area contributed by atoms with Crippen molar-refractivity contribution in [2.24, 2.45) is 0 Å². The molecule has 0 saturated carbocycles. The Morgan fingerprint density at radius 2 is 2.39 bits per heavy atom. The number of nitriles is 1. The van der Waals surface area contributed by atoms with E-state index in [-0.39, 0.29) is 18.2 Å². The third-order valence-electron chi connectivity index (χ3n) is 2.95. The van der Waals surface area contributed by atoms with Gasteiger partial charge < -0.3 is 14.7 Å². The van der Waals surface area contributed by atoms with Crippen LogP contribution in [-0.2, 0) is 4.74 Å². The molecule has 1 aliphatic rings. The predicted octanol–water partition coefficient (Wildman–Crippen LogP) is 1.07. The van der Waals surface area contributed by atoms with Crippen molar-refractivity contribution in [3.05, 3.63) is 29.3 Å². The van der Waals surface area contributed by atoms with Crippen LogP contribution in [0.3, 0.4) is 0 Å². The van der Waals surface area contributed by atoms with E-state index < -0.39 is 6.10 Å². The molecule has 2 rings (SSSR count). The first-order chi connectivity index (χ1) is 8.61. The molecule has 94 valence electrons. The molecule has 1 amide bonds. The van der Waals surface area contributed by atoms with Gasteiger partial charge in [0.1, 0.15) is 5.75 Å². The summed E-state index contributed by atoms with van der Waals surface area (Å²) in [4.78, 5) is 13.7. The fraction of sp³-hybridized carbons (Fsp3) is 0.385. The van der Waals surface area contributed by atoms with Gasteiger partial charge in [-0.2, -0.15) is 5.26 Å². The molecule has 5 nitrogen and oxygen atoms in total. The number of aryl methyl sites for hydroxylation is 1. The first kappa shape index (κ1) is 12.4. The molecule has 0 spiro atoms. The molecule has 18 heavy (non-hydrogen) atoms. The summed E-state index contributed by atoms with van der Waals surface area (Å²) in [6.45, 7) is 2.86. The minimum absolute atomic E-state index is 0.103. The minimum atomic E-state index is -0.568. The van der Waals surface area contributed by atoms with Crippen molar-refractivity contribution in [2.45, 2.75) is 13.0 Å². The quantitative estimate of drug-likeness (QED) is 0.804. The maximum atomic E-state index is 12.2. The maximum Gasteiger partial charge on any atom is 0.254 e. The van der Waals surface area contributed by atoms with Gasteiger partial charge in [-0.05, 0) is 24.6 Å². The second-order valence-electron chi connectivity index (χ2n) is 4.24. The average molecular weight is 246 g/mol. The van der Waals surface area contributed by atoms with Crippen LogP contribution in [0.15, 0.2) is 18.2 Å². The standard InChI is InChI=1S/C13H14N2O3/c1-9-2-3-10(6-12(9)16)13(17)15-4-5-18-11(7-14)8-15/h2-3,6,11,16H,4-5,8H2,1H3. The number of rotatable bonds is 1. The Kier molecular flexibility index (Phi) is 3.49. The van der Waals surface area contributed by atoms with Crippen molar-refractivity contribution in [2.75, 3.05) is 19.7 Å². The van der Waals surface area contributed by atoms with Gasteiger partial charge in [-0.25, -0.2) is 0 Å². The summed E-state index contributed by atoms with van der Waals surface area (Å²) >= 11 is 0. The van der Waals surface area contributed by atoms with Crippen molar-refractivity contribution in [1.82, 2.24) is 4.90 Å². The Bertz CT molecular complexity index is 507. The normalized spacial score (nSPS) is 19.3. The highest BCUT2D eigenvalue weighted by Gasteiger charge is 2.24. The van der Waals surface area contributed by atoms with Gasteiger partial charge in [0, 0.05) is 12.1 Å². The number of carbonyl (C=O) groups excluding carboxylic acids is 1. The summed E-state index contributed by atoms with van der Waals surface area (Å²) in [6.07, 6.45) is -0.568. The Morgan fingerprint density at radius 1 is 1.61 bits per heavy atom. The van der Waals surface area contributed by atoms with Gasteiger partial charge in [-0.1, -0.05) is 6.07 Å². The number of morpholine rings is 1. The lowest BCUT2D eigenvalue weighted by molar-refractivity contribution is 0.00345. The second kappa shape index (κ2) is 5.07. The summed E-state index contributed by atoms with van der Waals surface area (Å²) in [7, 11) is 0. The summed E-state index contributed by atoms with van der Waals surface area (Å²) in [5, 5.41) is 18.4. The van der Waals surface area contributed by atoms with Crippen LogP contribution in [0.25, 0.3) is 0 Å². The number of aromatic hydroxyl groups is 1. The van der Waals surface area contributed by atoms with E-state index in [1.54, 1.807) is 24.0 Å². The molecule has 0 aromatic heterocycles. The highest BCUT2D eigenvalue weighted by molar-refractivity contribution is 5.94. The number of nitrogens with zero attached hydrogens (tertiary/aromatic N) is 2. The van der Waals surface area contributed by atoms with Crippen LogP contribution in [0.2, 0.25) is 0 Å². The number of phenols is 1. The molecule has 1 unspecified atom stereocenters. The maximum absolute atomic E-state index is 12.2. The molecule has 0 bridgehead atoms. The number of amides is 1. The van der Waals surface area contributed by atoms with E-state index in [1.807, 2.05) is 6.07 Å². The van der Waals surface area contributed by atoms with Crippen molar-refractivity contribution in [3.63, 3.8) is 0 Å². The molecule has 1 fully saturated rings. The highest BCUT2D eigenvalue weighted by Crippen LogP contribution is 2.19. The summed E-state index contributed by atoms with van der Waals surface area (Å²) in [5.41, 5.74) is 1.15. The van der Waals surface area contributed by atoms with E-state index in [1.165, 1.54) is 6.07 Å². The molecule has 1 aromatic rings. The third-order valence-corrected chi connectivity index (χ3v) is 2.95. The number of benzene rings is 1. The molecule has 1 saturated heterocycles. The van der Waals surface area contributed by atoms with Crippen molar-refractivity contribution >= 4 is 5.91 Å². The van der Waals surface area contributed by atoms with Crippen molar-refractivity contribution in [3.8, 4) is 11.8 Å². The van der Waals surface area contributed by atoms with Gasteiger partial charge in [0.15, 0.2) is 6.10 Å². The van der Waals surface area contributed by atoms with Gasteiger partial charge in [0.05, 0.1) is 19.2 Å². The lowest BCUT2D eigenvalue weighted by atomic mass is 10.1. The van der Waals surface area contributed by atoms with E-state index in [9.17, 15) is 9.90 Å². The lowest BCUT2D eigenvalue weighted by Crippen LogP contribution is -2.45. The molecule has 1 atom stereocenters. The first-order valence-electron chi connectivity index (χ1n) is 5.72. The highest BCUT2D eigenvalue weighted by atomic mass is 16.5. The van der Waals surface area contributed by atoms with Gasteiger partial charge in [-0.15, -0.1) is 0 Å². The molecular formula is C13H14N2O3. The Balaban J connectivity index is 2.15. The number of ether oxygens (including phenoxy) is 1. The number of hydrogen-bond acceptors (Lipinski definition) is 4. The Morgan fingerprint density at radius 3 is 3.06 bits per heavy atom. The molecular weight excluding hydrogens is 232 g/mol. The van der Waals surface area contributed by atoms with Crippen LogP contribution in [0, 0.1) is 18.3 Å². The van der Waals surface area contributed by atoms with E-state index in [2.05, 4.69) is 0 Å². The van der Waals surface area contributed by atoms with E-state index >= 15 is 0 Å². The van der Waals surface area contributed by atoms with Crippen LogP contribution < -0.4 is 0 Å². The monoisotopic (exact) mass is 246 g/mol. The largest absolute Gasteiger partial charge is 0.508 e. The van der Waals surface area contributed by atoms with Crippen LogP contribution in [0.4, 0.5) is 0 Å². The Labute approximate surface area is 105 Å². The molecule has 1 heterocycles. The average Bonchev–Trinajstić information content (AvgIpc) is 2.41. The van der Waals surface area contributed by atoms with Crippen LogP contribution in [0.5, 0.6) is 5.75 Å². The predicted molar refractivity (Wildman–Crippen MR) is 64.1 cm³/mol. The zero-order valence-electron chi connectivity index (χ0n) is 10.1. The van der Waals surface area contributed by atoms with Crippen LogP contribution >= 0.6 is 0 Å². The zero-order chi connectivity index (χ0) is 13.1. The van der Waals surface area contributed by atoms with E-state index in [4.69, 9.17) is 10.00 Å². The van der Waals surface area contributed by atoms with Gasteiger partial charge in [0.2, 0.25) is 0 Å². The molecule has 0 aliphatic carbocycles. The fourth-order valence-electron chi connectivity index (χ4n) is 1.84. The SMILES string of the molecule is Cc1ccc(C(=O)N2CCOC(C#N)C2)cc1O. The molecule has 1 aromatic carbocycles. The molecule has 1 aliphatic heterocycles. The number of carbonyl (C=O) groups is 1. The van der Waals surface area contributed by atoms with Crippen LogP contribution in [0.1, 0.15) is 15.9 Å². The second-order valence-corrected chi connectivity index (χ2v) is 4.24. The summed E-state index contributed by atoms with van der Waals surface area (Å²) < 4.78 is 5.18. The van der Waals surface area contributed by atoms with E-state index in [0.29, 0.717) is 18.7 Å². The molecule has 5 heteroatoms. The minimum Gasteiger partial charge on any atom is -0.508 e. The van der Waals surface area contributed by atoms with E-state index in [0.717, 1.165) is 5.56 Å². The van der Waals surface area contributed by atoms with Crippen molar-refractivity contribution < 1.29 is 14.6 Å². The number of phenolic OH excluding ortho intramolecular Hbond substituents is 1. The van der Waals surface area contributed by atoms with Crippen molar-refractivity contribution in [1.29, 1.82) is 5.26 Å². The number of hydrogen-bond donors (Lipinski definition) is 1. The smallest absolute Gasteiger partial charge is 0.254 e. The Hall–Kier alpha value is -2.06. The van der Waals surface area contributed by atoms with Gasteiger partial charge in [-0.3, -0.25) is 4.79 Å². The summed E-state index contributed by atoms with van der Waals surface area (Å²) in [5.74, 6) is -0.0835. The summed E-state index contributed by atoms with van der Waals surface area (Å²) in [6, 6.07) is 6.82. The third kappa shape index (κ3) is 2.44. The molecule has 1 N–H and O–H groups in total. The van der Waals surface area contributed by atoms with Gasteiger partial charge in [0.25, 0.3) is 5.91 Å². The topological polar surface area (TPSA) is 73.6 Å². The zero-order valence-corrected chi connectivity index (χ0v) is 10.1. The fourth-order valence-corrected chi connectivity index (χ4v) is 1.84. The lowest BCUT2D eigenvalue weighted by Gasteiger charge is -2.29. The molecule has 0 radical (unpaired) electrons. The first-order valence-corrected chi connectivity index (χ1v) is 5.72.